The molecule has 0 N–H and O–H groups in total. The van der Waals surface area contributed by atoms with Gasteiger partial charge in [0.05, 0.1) is 18.4 Å². The van der Waals surface area contributed by atoms with Crippen molar-refractivity contribution in [1.29, 1.82) is 0 Å². The zero-order valence-electron chi connectivity index (χ0n) is 11.8. The Morgan fingerprint density at radius 1 is 1.33 bits per heavy atom. The maximum atomic E-state index is 5.39. The summed E-state index contributed by atoms with van der Waals surface area (Å²) in [7, 11) is 3.68. The normalized spacial score (nSPS) is 10.8. The lowest BCUT2D eigenvalue weighted by atomic mass is 10.2. The van der Waals surface area contributed by atoms with E-state index >= 15 is 0 Å². The van der Waals surface area contributed by atoms with E-state index in [2.05, 4.69) is 10.4 Å². The van der Waals surface area contributed by atoms with Gasteiger partial charge in [0.1, 0.15) is 10.8 Å². The Hall–Kier alpha value is -1.79. The standard InChI is InChI=1S/C15H15N3OS2/c1-18-8-7-16-15(18)21-10-11-9-20-14(17-11)12-5-3-4-6-13(12)19-2/h3-9H,10H2,1-2H3. The van der Waals surface area contributed by atoms with Crippen molar-refractivity contribution in [2.75, 3.05) is 7.11 Å². The van der Waals surface area contributed by atoms with Gasteiger partial charge < -0.3 is 9.30 Å². The molecular formula is C15H15N3OS2. The van der Waals surface area contributed by atoms with Crippen LogP contribution in [0.25, 0.3) is 10.6 Å². The van der Waals surface area contributed by atoms with E-state index in [1.807, 2.05) is 48.3 Å². The fourth-order valence-corrected chi connectivity index (χ4v) is 3.73. The summed E-state index contributed by atoms with van der Waals surface area (Å²) in [5.41, 5.74) is 2.10. The number of rotatable bonds is 5. The number of aromatic nitrogens is 3. The highest BCUT2D eigenvalue weighted by Gasteiger charge is 2.10. The summed E-state index contributed by atoms with van der Waals surface area (Å²) in [5, 5.41) is 4.09. The number of hydrogen-bond donors (Lipinski definition) is 0. The van der Waals surface area contributed by atoms with Crippen molar-refractivity contribution < 1.29 is 4.74 Å². The van der Waals surface area contributed by atoms with Crippen molar-refractivity contribution >= 4 is 23.1 Å². The minimum absolute atomic E-state index is 0.816. The van der Waals surface area contributed by atoms with Crippen LogP contribution in [0.1, 0.15) is 5.69 Å². The molecule has 1 aromatic carbocycles. The molecule has 0 amide bonds. The molecule has 0 unspecified atom stereocenters. The summed E-state index contributed by atoms with van der Waals surface area (Å²) in [6, 6.07) is 7.96. The number of hydrogen-bond acceptors (Lipinski definition) is 5. The third-order valence-electron chi connectivity index (χ3n) is 3.02. The highest BCUT2D eigenvalue weighted by molar-refractivity contribution is 7.98. The lowest BCUT2D eigenvalue weighted by molar-refractivity contribution is 0.416. The second-order valence-electron chi connectivity index (χ2n) is 4.45. The van der Waals surface area contributed by atoms with Gasteiger partial charge in [0.2, 0.25) is 0 Å². The van der Waals surface area contributed by atoms with Crippen LogP contribution >= 0.6 is 23.1 Å². The van der Waals surface area contributed by atoms with Crippen LogP contribution in [-0.4, -0.2) is 21.6 Å². The van der Waals surface area contributed by atoms with Crippen molar-refractivity contribution in [2.24, 2.45) is 7.05 Å². The molecule has 0 spiro atoms. The van der Waals surface area contributed by atoms with Crippen molar-refractivity contribution in [3.05, 3.63) is 47.7 Å². The predicted molar refractivity (Wildman–Crippen MR) is 86.9 cm³/mol. The zero-order chi connectivity index (χ0) is 14.7. The SMILES string of the molecule is COc1ccccc1-c1nc(CSc2nccn2C)cs1. The Balaban J connectivity index is 1.76. The molecule has 0 saturated heterocycles. The zero-order valence-corrected chi connectivity index (χ0v) is 13.4. The number of para-hydroxylation sites is 1. The third-order valence-corrected chi connectivity index (χ3v) is 5.03. The number of nitrogens with zero attached hydrogens (tertiary/aromatic N) is 3. The molecule has 4 nitrogen and oxygen atoms in total. The van der Waals surface area contributed by atoms with E-state index in [-0.39, 0.29) is 0 Å². The number of methoxy groups -OCH3 is 1. The molecule has 0 aliphatic carbocycles. The second-order valence-corrected chi connectivity index (χ2v) is 6.25. The van der Waals surface area contributed by atoms with Gasteiger partial charge in [-0.05, 0) is 12.1 Å². The van der Waals surface area contributed by atoms with Gasteiger partial charge in [0, 0.05) is 30.6 Å². The van der Waals surface area contributed by atoms with Crippen LogP contribution in [0.2, 0.25) is 0 Å². The summed E-state index contributed by atoms with van der Waals surface area (Å²) in [5.74, 6) is 1.67. The molecular weight excluding hydrogens is 302 g/mol. The Labute approximate surface area is 131 Å². The summed E-state index contributed by atoms with van der Waals surface area (Å²) >= 11 is 3.33. The van der Waals surface area contributed by atoms with Gasteiger partial charge in [-0.3, -0.25) is 0 Å². The third kappa shape index (κ3) is 3.11. The number of benzene rings is 1. The van der Waals surface area contributed by atoms with E-state index in [9.17, 15) is 0 Å². The molecule has 2 aromatic heterocycles. The minimum Gasteiger partial charge on any atom is -0.496 e. The van der Waals surface area contributed by atoms with Gasteiger partial charge in [-0.1, -0.05) is 23.9 Å². The fourth-order valence-electron chi connectivity index (χ4n) is 1.95. The summed E-state index contributed by atoms with van der Waals surface area (Å²) in [4.78, 5) is 9.00. The van der Waals surface area contributed by atoms with Crippen LogP contribution in [0.3, 0.4) is 0 Å². The summed E-state index contributed by atoms with van der Waals surface area (Å²) in [6.45, 7) is 0. The number of imidazole rings is 1. The smallest absolute Gasteiger partial charge is 0.168 e. The monoisotopic (exact) mass is 317 g/mol. The maximum absolute atomic E-state index is 5.39. The maximum Gasteiger partial charge on any atom is 0.168 e. The fraction of sp³-hybridized carbons (Fsp3) is 0.200. The van der Waals surface area contributed by atoms with Crippen LogP contribution in [-0.2, 0) is 12.8 Å². The van der Waals surface area contributed by atoms with E-state index in [0.29, 0.717) is 0 Å². The average Bonchev–Trinajstić information content (AvgIpc) is 3.14. The van der Waals surface area contributed by atoms with Crippen LogP contribution < -0.4 is 4.74 Å². The summed E-state index contributed by atoms with van der Waals surface area (Å²) in [6.07, 6.45) is 3.76. The molecule has 6 heteroatoms. The topological polar surface area (TPSA) is 39.9 Å². The summed E-state index contributed by atoms with van der Waals surface area (Å²) < 4.78 is 7.40. The van der Waals surface area contributed by atoms with Gasteiger partial charge in [0.15, 0.2) is 5.16 Å². The van der Waals surface area contributed by atoms with Crippen molar-refractivity contribution in [2.45, 2.75) is 10.9 Å². The molecule has 0 bridgehead atoms. The van der Waals surface area contributed by atoms with Crippen LogP contribution in [0, 0.1) is 0 Å². The van der Waals surface area contributed by atoms with E-state index in [1.54, 1.807) is 30.2 Å². The van der Waals surface area contributed by atoms with Crippen LogP contribution in [0.4, 0.5) is 0 Å². The van der Waals surface area contributed by atoms with Crippen molar-refractivity contribution in [3.63, 3.8) is 0 Å². The van der Waals surface area contributed by atoms with Gasteiger partial charge in [-0.2, -0.15) is 0 Å². The van der Waals surface area contributed by atoms with E-state index < -0.39 is 0 Å². The second kappa shape index (κ2) is 6.32. The first-order chi connectivity index (χ1) is 10.3. The highest BCUT2D eigenvalue weighted by atomic mass is 32.2. The van der Waals surface area contributed by atoms with Gasteiger partial charge in [-0.25, -0.2) is 9.97 Å². The first-order valence-corrected chi connectivity index (χ1v) is 8.32. The molecule has 0 saturated carbocycles. The number of aryl methyl sites for hydroxylation is 1. The van der Waals surface area contributed by atoms with E-state index in [0.717, 1.165) is 32.9 Å². The molecule has 0 atom stereocenters. The lowest BCUT2D eigenvalue weighted by Crippen LogP contribution is -1.90. The molecule has 108 valence electrons. The number of thiazole rings is 1. The van der Waals surface area contributed by atoms with Gasteiger partial charge in [-0.15, -0.1) is 11.3 Å². The minimum atomic E-state index is 0.816. The van der Waals surface area contributed by atoms with Crippen LogP contribution in [0.15, 0.2) is 47.2 Å². The average molecular weight is 317 g/mol. The van der Waals surface area contributed by atoms with Crippen molar-refractivity contribution in [3.8, 4) is 16.3 Å². The van der Waals surface area contributed by atoms with E-state index in [4.69, 9.17) is 9.72 Å². The Kier molecular flexibility index (Phi) is 4.26. The van der Waals surface area contributed by atoms with Crippen LogP contribution in [0.5, 0.6) is 5.75 Å². The Morgan fingerprint density at radius 3 is 2.95 bits per heavy atom. The molecule has 21 heavy (non-hydrogen) atoms. The molecule has 0 fully saturated rings. The molecule has 2 heterocycles. The number of ether oxygens (including phenoxy) is 1. The molecule has 3 rings (SSSR count). The van der Waals surface area contributed by atoms with Gasteiger partial charge >= 0.3 is 0 Å². The predicted octanol–water partition coefficient (Wildman–Crippen LogP) is 3.84. The lowest BCUT2D eigenvalue weighted by Gasteiger charge is -2.04. The first-order valence-electron chi connectivity index (χ1n) is 6.46. The number of thioether (sulfide) groups is 1. The molecule has 3 aromatic rings. The van der Waals surface area contributed by atoms with Gasteiger partial charge in [0.25, 0.3) is 0 Å². The highest BCUT2D eigenvalue weighted by Crippen LogP contribution is 2.33. The molecule has 0 aliphatic rings. The largest absolute Gasteiger partial charge is 0.496 e. The Morgan fingerprint density at radius 2 is 2.19 bits per heavy atom. The quantitative estimate of drug-likeness (QED) is 0.670. The van der Waals surface area contributed by atoms with Crippen molar-refractivity contribution in [1.82, 2.24) is 14.5 Å². The van der Waals surface area contributed by atoms with E-state index in [1.165, 1.54) is 0 Å². The molecule has 0 radical (unpaired) electrons. The Bertz CT molecular complexity index is 736. The molecule has 0 aliphatic heterocycles. The first kappa shape index (κ1) is 14.2.